The molecule has 19 heavy (non-hydrogen) atoms. The first-order valence-corrected chi connectivity index (χ1v) is 5.83. The summed E-state index contributed by atoms with van der Waals surface area (Å²) in [5, 5.41) is 1.97. The highest BCUT2D eigenvalue weighted by atomic mass is 19.1. The Bertz CT molecular complexity index is 453. The van der Waals surface area contributed by atoms with Crippen molar-refractivity contribution in [3.8, 4) is 0 Å². The van der Waals surface area contributed by atoms with Crippen molar-refractivity contribution >= 4 is 17.6 Å². The van der Waals surface area contributed by atoms with Gasteiger partial charge in [0, 0.05) is 12.2 Å². The summed E-state index contributed by atoms with van der Waals surface area (Å²) in [5.74, 6) is -0.945. The molecule has 0 saturated carbocycles. The van der Waals surface area contributed by atoms with Gasteiger partial charge in [0.05, 0.1) is 6.54 Å². The molecule has 6 nitrogen and oxygen atoms in total. The van der Waals surface area contributed by atoms with Gasteiger partial charge < -0.3 is 16.4 Å². The van der Waals surface area contributed by atoms with E-state index in [0.717, 1.165) is 0 Å². The SMILES string of the molecule is NCCCN(CC(=O)NC(N)=O)c1cccc(F)c1. The summed E-state index contributed by atoms with van der Waals surface area (Å²) in [6.07, 6.45) is 0.639. The van der Waals surface area contributed by atoms with Gasteiger partial charge in [-0.1, -0.05) is 6.07 Å². The van der Waals surface area contributed by atoms with E-state index >= 15 is 0 Å². The van der Waals surface area contributed by atoms with Crippen molar-refractivity contribution < 1.29 is 14.0 Å². The molecule has 0 fully saturated rings. The normalized spacial score (nSPS) is 10.0. The van der Waals surface area contributed by atoms with Gasteiger partial charge in [-0.3, -0.25) is 10.1 Å². The molecule has 7 heteroatoms. The number of halogens is 1. The summed E-state index contributed by atoms with van der Waals surface area (Å²) in [5.41, 5.74) is 10.8. The number of carbonyl (C=O) groups excluding carboxylic acids is 2. The van der Waals surface area contributed by atoms with E-state index in [0.29, 0.717) is 25.2 Å². The molecule has 0 aliphatic carbocycles. The Morgan fingerprint density at radius 2 is 2.11 bits per heavy atom. The van der Waals surface area contributed by atoms with Crippen LogP contribution < -0.4 is 21.7 Å². The average molecular weight is 268 g/mol. The molecule has 1 rings (SSSR count). The molecule has 3 amide bonds. The molecular formula is C12H17FN4O2. The van der Waals surface area contributed by atoms with Gasteiger partial charge in [-0.25, -0.2) is 9.18 Å². The highest BCUT2D eigenvalue weighted by Crippen LogP contribution is 2.15. The molecule has 0 aromatic heterocycles. The van der Waals surface area contributed by atoms with Crippen LogP contribution in [0.15, 0.2) is 24.3 Å². The lowest BCUT2D eigenvalue weighted by Gasteiger charge is -2.23. The van der Waals surface area contributed by atoms with Crippen molar-refractivity contribution in [3.63, 3.8) is 0 Å². The molecule has 0 spiro atoms. The Morgan fingerprint density at radius 1 is 1.37 bits per heavy atom. The van der Waals surface area contributed by atoms with Crippen LogP contribution in [0.5, 0.6) is 0 Å². The van der Waals surface area contributed by atoms with Gasteiger partial charge >= 0.3 is 6.03 Å². The predicted molar refractivity (Wildman–Crippen MR) is 70.0 cm³/mol. The number of primary amides is 1. The Balaban J connectivity index is 2.76. The number of imide groups is 1. The molecule has 0 atom stereocenters. The molecule has 5 N–H and O–H groups in total. The first kappa shape index (κ1) is 14.9. The minimum absolute atomic E-state index is 0.0909. The van der Waals surface area contributed by atoms with E-state index in [9.17, 15) is 14.0 Å². The summed E-state index contributed by atoms with van der Waals surface area (Å²) in [7, 11) is 0. The monoisotopic (exact) mass is 268 g/mol. The van der Waals surface area contributed by atoms with Gasteiger partial charge in [0.15, 0.2) is 0 Å². The smallest absolute Gasteiger partial charge is 0.318 e. The fourth-order valence-electron chi connectivity index (χ4n) is 1.60. The van der Waals surface area contributed by atoms with Gasteiger partial charge in [-0.15, -0.1) is 0 Å². The first-order chi connectivity index (χ1) is 9.02. The summed E-state index contributed by atoms with van der Waals surface area (Å²) < 4.78 is 13.2. The van der Waals surface area contributed by atoms with Crippen LogP contribution in [0, 0.1) is 5.82 Å². The van der Waals surface area contributed by atoms with Crippen molar-refractivity contribution in [2.75, 3.05) is 24.5 Å². The molecule has 1 aromatic carbocycles. The van der Waals surface area contributed by atoms with Crippen LogP contribution in [-0.4, -0.2) is 31.6 Å². The Morgan fingerprint density at radius 3 is 2.68 bits per heavy atom. The summed E-state index contributed by atoms with van der Waals surface area (Å²) in [6, 6.07) is 4.94. The van der Waals surface area contributed by atoms with Crippen molar-refractivity contribution in [2.24, 2.45) is 11.5 Å². The Kier molecular flexibility index (Phi) is 5.74. The second-order valence-corrected chi connectivity index (χ2v) is 3.96. The molecule has 0 aliphatic rings. The lowest BCUT2D eigenvalue weighted by molar-refractivity contribution is -0.118. The zero-order valence-electron chi connectivity index (χ0n) is 10.4. The number of hydrogen-bond acceptors (Lipinski definition) is 4. The number of nitrogens with zero attached hydrogens (tertiary/aromatic N) is 1. The van der Waals surface area contributed by atoms with Crippen molar-refractivity contribution in [1.82, 2.24) is 5.32 Å². The Labute approximate surface area is 110 Å². The van der Waals surface area contributed by atoms with E-state index in [-0.39, 0.29) is 6.54 Å². The number of benzene rings is 1. The second kappa shape index (κ2) is 7.32. The van der Waals surface area contributed by atoms with Crippen molar-refractivity contribution in [3.05, 3.63) is 30.1 Å². The molecule has 0 saturated heterocycles. The van der Waals surface area contributed by atoms with Crippen LogP contribution >= 0.6 is 0 Å². The van der Waals surface area contributed by atoms with Crippen molar-refractivity contribution in [2.45, 2.75) is 6.42 Å². The molecule has 0 radical (unpaired) electrons. The highest BCUT2D eigenvalue weighted by Gasteiger charge is 2.13. The van der Waals surface area contributed by atoms with Gasteiger partial charge in [0.25, 0.3) is 0 Å². The van der Waals surface area contributed by atoms with E-state index in [2.05, 4.69) is 0 Å². The number of anilines is 1. The lowest BCUT2D eigenvalue weighted by atomic mass is 10.2. The number of nitrogens with one attached hydrogen (secondary N) is 1. The topological polar surface area (TPSA) is 101 Å². The zero-order valence-corrected chi connectivity index (χ0v) is 10.4. The predicted octanol–water partition coefficient (Wildman–Crippen LogP) is 0.176. The minimum atomic E-state index is -0.914. The van der Waals surface area contributed by atoms with Crippen molar-refractivity contribution in [1.29, 1.82) is 0 Å². The van der Waals surface area contributed by atoms with Crippen LogP contribution in [0.2, 0.25) is 0 Å². The summed E-state index contributed by atoms with van der Waals surface area (Å²) >= 11 is 0. The van der Waals surface area contributed by atoms with E-state index in [1.807, 2.05) is 5.32 Å². The van der Waals surface area contributed by atoms with Crippen LogP contribution in [0.1, 0.15) is 6.42 Å². The maximum Gasteiger partial charge on any atom is 0.318 e. The zero-order chi connectivity index (χ0) is 14.3. The lowest BCUT2D eigenvalue weighted by Crippen LogP contribution is -2.43. The van der Waals surface area contributed by atoms with Crippen LogP contribution in [0.4, 0.5) is 14.9 Å². The largest absolute Gasteiger partial charge is 0.362 e. The maximum atomic E-state index is 13.2. The molecule has 0 unspecified atom stereocenters. The quantitative estimate of drug-likeness (QED) is 0.684. The number of rotatable bonds is 6. The van der Waals surface area contributed by atoms with Crippen LogP contribution in [0.25, 0.3) is 0 Å². The van der Waals surface area contributed by atoms with Gasteiger partial charge in [-0.05, 0) is 31.2 Å². The van der Waals surface area contributed by atoms with E-state index < -0.39 is 17.8 Å². The maximum absolute atomic E-state index is 13.2. The Hall–Kier alpha value is -2.15. The van der Waals surface area contributed by atoms with Crippen LogP contribution in [-0.2, 0) is 4.79 Å². The third-order valence-corrected chi connectivity index (χ3v) is 2.40. The third-order valence-electron chi connectivity index (χ3n) is 2.40. The number of amides is 3. The van der Waals surface area contributed by atoms with Gasteiger partial charge in [0.2, 0.25) is 5.91 Å². The third kappa shape index (κ3) is 5.35. The summed E-state index contributed by atoms with van der Waals surface area (Å²) in [4.78, 5) is 23.7. The number of urea groups is 1. The molecular weight excluding hydrogens is 251 g/mol. The fourth-order valence-corrected chi connectivity index (χ4v) is 1.60. The fraction of sp³-hybridized carbons (Fsp3) is 0.333. The minimum Gasteiger partial charge on any atom is -0.362 e. The van der Waals surface area contributed by atoms with E-state index in [1.54, 1.807) is 17.0 Å². The standard InChI is InChI=1S/C12H17FN4O2/c13-9-3-1-4-10(7-9)17(6-2-5-14)8-11(18)16-12(15)19/h1,3-4,7H,2,5-6,8,14H2,(H3,15,16,18,19). The molecule has 104 valence electrons. The molecule has 0 aliphatic heterocycles. The highest BCUT2D eigenvalue weighted by molar-refractivity contribution is 5.95. The molecule has 0 bridgehead atoms. The molecule has 0 heterocycles. The van der Waals surface area contributed by atoms with E-state index in [4.69, 9.17) is 11.5 Å². The van der Waals surface area contributed by atoms with Gasteiger partial charge in [0.1, 0.15) is 5.82 Å². The first-order valence-electron chi connectivity index (χ1n) is 5.83. The van der Waals surface area contributed by atoms with Crippen LogP contribution in [0.3, 0.4) is 0 Å². The summed E-state index contributed by atoms with van der Waals surface area (Å²) in [6.45, 7) is 0.835. The van der Waals surface area contributed by atoms with E-state index in [1.165, 1.54) is 12.1 Å². The second-order valence-electron chi connectivity index (χ2n) is 3.96. The molecule has 1 aromatic rings. The average Bonchev–Trinajstić information content (AvgIpc) is 2.33. The number of hydrogen-bond donors (Lipinski definition) is 3. The number of nitrogens with two attached hydrogens (primary N) is 2. The number of carbonyl (C=O) groups is 2. The van der Waals surface area contributed by atoms with Gasteiger partial charge in [-0.2, -0.15) is 0 Å².